The second kappa shape index (κ2) is 6.49. The average Bonchev–Trinajstić information content (AvgIpc) is 2.67. The molecule has 1 atom stereocenters. The van der Waals surface area contributed by atoms with Crippen LogP contribution in [0.1, 0.15) is 6.92 Å². The Balaban J connectivity index is 1.63. The largest absolute Gasteiger partial charge is 0.483 e. The summed E-state index contributed by atoms with van der Waals surface area (Å²) >= 11 is 0. The van der Waals surface area contributed by atoms with Gasteiger partial charge in [-0.3, -0.25) is 4.79 Å². The molecule has 3 N–H and O–H groups in total. The Kier molecular flexibility index (Phi) is 3.94. The van der Waals surface area contributed by atoms with Gasteiger partial charge < -0.3 is 20.3 Å². The zero-order chi connectivity index (χ0) is 19.3. The summed E-state index contributed by atoms with van der Waals surface area (Å²) in [6.45, 7) is 3.88. The molecule has 0 saturated carbocycles. The number of hydrazone groups is 1. The lowest BCUT2D eigenvalue weighted by atomic mass is 9.99. The standard InChI is InChI=1S/C20H20FN5O2/c1-11-20(27)25-24-19-10-28-18-6-15(12-2-4-13(21)5-3-12)16(7-17(18)26(11)19)23-14-8-22-9-14/h2-7,11,14,22-23H,8-10H2,1H3,(H,25,27). The Hall–Kier alpha value is -3.13. The molecule has 1 saturated heterocycles. The van der Waals surface area contributed by atoms with Gasteiger partial charge in [-0.1, -0.05) is 12.1 Å². The van der Waals surface area contributed by atoms with E-state index in [0.29, 0.717) is 17.6 Å². The van der Waals surface area contributed by atoms with Crippen molar-refractivity contribution in [2.24, 2.45) is 5.10 Å². The van der Waals surface area contributed by atoms with Crippen LogP contribution in [0.2, 0.25) is 0 Å². The number of nitrogens with one attached hydrogen (secondary N) is 3. The van der Waals surface area contributed by atoms with Gasteiger partial charge in [0.25, 0.3) is 5.91 Å². The minimum atomic E-state index is -0.384. The number of hydrogen-bond acceptors (Lipinski definition) is 6. The highest BCUT2D eigenvalue weighted by Gasteiger charge is 2.36. The first-order valence-electron chi connectivity index (χ1n) is 9.30. The van der Waals surface area contributed by atoms with Crippen LogP contribution in [0.4, 0.5) is 15.8 Å². The number of nitrogens with zero attached hydrogens (tertiary/aromatic N) is 2. The Morgan fingerprint density at radius 1 is 1.25 bits per heavy atom. The third-order valence-electron chi connectivity index (χ3n) is 5.35. The molecule has 2 aromatic rings. The van der Waals surface area contributed by atoms with E-state index in [0.717, 1.165) is 35.6 Å². The predicted octanol–water partition coefficient (Wildman–Crippen LogP) is 1.91. The van der Waals surface area contributed by atoms with E-state index < -0.39 is 0 Å². The Morgan fingerprint density at radius 3 is 2.75 bits per heavy atom. The van der Waals surface area contributed by atoms with Gasteiger partial charge in [0.15, 0.2) is 5.84 Å². The molecule has 3 heterocycles. The highest BCUT2D eigenvalue weighted by Crippen LogP contribution is 2.42. The van der Waals surface area contributed by atoms with Crippen LogP contribution in [0.3, 0.4) is 0 Å². The SMILES string of the molecule is CC1C(=O)NN=C2COc3cc(-c4ccc(F)cc4)c(NC4CNC4)cc3N21. The lowest BCUT2D eigenvalue weighted by molar-refractivity contribution is -0.122. The Morgan fingerprint density at radius 2 is 2.04 bits per heavy atom. The topological polar surface area (TPSA) is 78.0 Å². The van der Waals surface area contributed by atoms with Gasteiger partial charge in [-0.05, 0) is 36.8 Å². The van der Waals surface area contributed by atoms with Gasteiger partial charge in [0, 0.05) is 24.3 Å². The molecular weight excluding hydrogens is 361 g/mol. The van der Waals surface area contributed by atoms with Gasteiger partial charge in [-0.15, -0.1) is 0 Å². The minimum absolute atomic E-state index is 0.156. The quantitative estimate of drug-likeness (QED) is 0.757. The number of hydrogen-bond donors (Lipinski definition) is 3. The van der Waals surface area contributed by atoms with Crippen molar-refractivity contribution in [2.45, 2.75) is 19.0 Å². The number of ether oxygens (including phenoxy) is 1. The minimum Gasteiger partial charge on any atom is -0.483 e. The van der Waals surface area contributed by atoms with E-state index in [1.165, 1.54) is 12.1 Å². The number of halogens is 1. The van der Waals surface area contributed by atoms with Crippen molar-refractivity contribution >= 4 is 23.1 Å². The summed E-state index contributed by atoms with van der Waals surface area (Å²) in [6, 6.07) is 10.3. The molecule has 7 nitrogen and oxygen atoms in total. The van der Waals surface area contributed by atoms with Gasteiger partial charge in [0.2, 0.25) is 0 Å². The van der Waals surface area contributed by atoms with Crippen molar-refractivity contribution in [1.82, 2.24) is 10.7 Å². The van der Waals surface area contributed by atoms with Crippen LogP contribution >= 0.6 is 0 Å². The molecule has 0 aliphatic carbocycles. The highest BCUT2D eigenvalue weighted by atomic mass is 19.1. The van der Waals surface area contributed by atoms with Crippen molar-refractivity contribution in [3.05, 3.63) is 42.2 Å². The molecule has 5 rings (SSSR count). The van der Waals surface area contributed by atoms with E-state index in [4.69, 9.17) is 4.74 Å². The second-order valence-electron chi connectivity index (χ2n) is 7.21. The van der Waals surface area contributed by atoms with E-state index >= 15 is 0 Å². The maximum atomic E-state index is 13.4. The average molecular weight is 381 g/mol. The van der Waals surface area contributed by atoms with Gasteiger partial charge in [0.1, 0.15) is 24.2 Å². The summed E-state index contributed by atoms with van der Waals surface area (Å²) in [5.41, 5.74) is 6.08. The van der Waals surface area contributed by atoms with E-state index in [2.05, 4.69) is 21.2 Å². The molecule has 0 bridgehead atoms. The monoisotopic (exact) mass is 381 g/mol. The first-order chi connectivity index (χ1) is 13.6. The van der Waals surface area contributed by atoms with Crippen molar-refractivity contribution in [1.29, 1.82) is 0 Å². The molecule has 144 valence electrons. The van der Waals surface area contributed by atoms with Crippen LogP contribution in [0, 0.1) is 5.82 Å². The number of benzene rings is 2. The number of anilines is 2. The van der Waals surface area contributed by atoms with Crippen molar-refractivity contribution in [3.63, 3.8) is 0 Å². The number of amides is 1. The van der Waals surface area contributed by atoms with Gasteiger partial charge in [-0.2, -0.15) is 5.10 Å². The third-order valence-corrected chi connectivity index (χ3v) is 5.35. The number of fused-ring (bicyclic) bond motifs is 3. The van der Waals surface area contributed by atoms with E-state index in [9.17, 15) is 9.18 Å². The summed E-state index contributed by atoms with van der Waals surface area (Å²) in [5, 5.41) is 10.9. The number of amidine groups is 1. The number of carbonyl (C=O) groups excluding carboxylic acids is 1. The van der Waals surface area contributed by atoms with Crippen LogP contribution in [0.15, 0.2) is 41.5 Å². The Labute approximate surface area is 161 Å². The van der Waals surface area contributed by atoms with Crippen LogP contribution < -0.4 is 25.7 Å². The van der Waals surface area contributed by atoms with Gasteiger partial charge in [-0.25, -0.2) is 9.82 Å². The van der Waals surface area contributed by atoms with Gasteiger partial charge >= 0.3 is 0 Å². The molecule has 1 unspecified atom stereocenters. The highest BCUT2D eigenvalue weighted by molar-refractivity contribution is 6.10. The summed E-state index contributed by atoms with van der Waals surface area (Å²) in [4.78, 5) is 14.1. The molecule has 1 amide bonds. The van der Waals surface area contributed by atoms with Crippen molar-refractivity contribution in [3.8, 4) is 16.9 Å². The lowest BCUT2D eigenvalue weighted by Crippen LogP contribution is -2.55. The van der Waals surface area contributed by atoms with E-state index in [-0.39, 0.29) is 24.4 Å². The summed E-state index contributed by atoms with van der Waals surface area (Å²) in [7, 11) is 0. The van der Waals surface area contributed by atoms with Crippen LogP contribution in [0.25, 0.3) is 11.1 Å². The molecule has 8 heteroatoms. The van der Waals surface area contributed by atoms with E-state index in [1.807, 2.05) is 24.0 Å². The summed E-state index contributed by atoms with van der Waals surface area (Å²) in [5.74, 6) is 0.920. The summed E-state index contributed by atoms with van der Waals surface area (Å²) in [6.07, 6.45) is 0. The fourth-order valence-corrected chi connectivity index (χ4v) is 3.67. The molecule has 0 aromatic heterocycles. The molecule has 0 spiro atoms. The smallest absolute Gasteiger partial charge is 0.262 e. The zero-order valence-corrected chi connectivity index (χ0v) is 15.3. The molecule has 3 aliphatic rings. The lowest BCUT2D eigenvalue weighted by Gasteiger charge is -2.39. The van der Waals surface area contributed by atoms with Crippen LogP contribution in [-0.2, 0) is 4.79 Å². The third kappa shape index (κ3) is 2.77. The first-order valence-corrected chi connectivity index (χ1v) is 9.30. The molecular formula is C20H20FN5O2. The fourth-order valence-electron chi connectivity index (χ4n) is 3.67. The maximum absolute atomic E-state index is 13.4. The zero-order valence-electron chi connectivity index (χ0n) is 15.3. The van der Waals surface area contributed by atoms with E-state index in [1.54, 1.807) is 12.1 Å². The predicted molar refractivity (Wildman–Crippen MR) is 105 cm³/mol. The first kappa shape index (κ1) is 17.0. The molecule has 28 heavy (non-hydrogen) atoms. The Bertz CT molecular complexity index is 971. The van der Waals surface area contributed by atoms with Crippen molar-refractivity contribution in [2.75, 3.05) is 29.9 Å². The van der Waals surface area contributed by atoms with Gasteiger partial charge in [0.05, 0.1) is 11.7 Å². The second-order valence-corrected chi connectivity index (χ2v) is 7.21. The molecule has 0 radical (unpaired) electrons. The van der Waals surface area contributed by atoms with Crippen molar-refractivity contribution < 1.29 is 13.9 Å². The summed E-state index contributed by atoms with van der Waals surface area (Å²) < 4.78 is 19.3. The molecule has 1 fully saturated rings. The van der Waals surface area contributed by atoms with Crippen LogP contribution in [-0.4, -0.2) is 43.5 Å². The molecule has 3 aliphatic heterocycles. The molecule has 2 aromatic carbocycles. The number of rotatable bonds is 3. The van der Waals surface area contributed by atoms with Crippen LogP contribution in [0.5, 0.6) is 5.75 Å². The number of carbonyl (C=O) groups is 1. The normalized spacial score (nSPS) is 20.9. The fraction of sp³-hybridized carbons (Fsp3) is 0.300. The maximum Gasteiger partial charge on any atom is 0.262 e.